The summed E-state index contributed by atoms with van der Waals surface area (Å²) in [5, 5.41) is 3.96. The predicted octanol–water partition coefficient (Wildman–Crippen LogP) is 4.06. The maximum atomic E-state index is 5.78. The second kappa shape index (κ2) is 8.20. The predicted molar refractivity (Wildman–Crippen MR) is 97.5 cm³/mol. The molecule has 0 atom stereocenters. The van der Waals surface area contributed by atoms with Gasteiger partial charge in [0.25, 0.3) is 5.89 Å². The van der Waals surface area contributed by atoms with Crippen LogP contribution in [0.5, 0.6) is 17.2 Å². The molecule has 6 nitrogen and oxygen atoms in total. The van der Waals surface area contributed by atoms with Crippen molar-refractivity contribution < 1.29 is 18.7 Å². The van der Waals surface area contributed by atoms with E-state index in [0.717, 1.165) is 23.3 Å². The van der Waals surface area contributed by atoms with Crippen molar-refractivity contribution >= 4 is 0 Å². The van der Waals surface area contributed by atoms with Gasteiger partial charge < -0.3 is 18.7 Å². The van der Waals surface area contributed by atoms with Gasteiger partial charge in [0, 0.05) is 5.56 Å². The molecule has 0 aliphatic rings. The Labute approximate surface area is 152 Å². The fourth-order valence-electron chi connectivity index (χ4n) is 2.43. The Hall–Kier alpha value is -3.28. The first-order valence-corrected chi connectivity index (χ1v) is 8.11. The molecule has 0 saturated carbocycles. The molecule has 0 aliphatic heterocycles. The number of nitrogens with zero attached hydrogens (tertiary/aromatic N) is 2. The van der Waals surface area contributed by atoms with Crippen molar-refractivity contribution in [3.8, 4) is 28.7 Å². The van der Waals surface area contributed by atoms with E-state index in [-0.39, 0.29) is 6.61 Å². The minimum absolute atomic E-state index is 0.177. The summed E-state index contributed by atoms with van der Waals surface area (Å²) in [4.78, 5) is 4.36. The third-order valence-electron chi connectivity index (χ3n) is 3.77. The van der Waals surface area contributed by atoms with E-state index in [1.54, 1.807) is 14.2 Å². The van der Waals surface area contributed by atoms with Gasteiger partial charge in [-0.05, 0) is 48.4 Å². The van der Waals surface area contributed by atoms with Gasteiger partial charge in [0.2, 0.25) is 5.82 Å². The van der Waals surface area contributed by atoms with Crippen molar-refractivity contribution in [2.24, 2.45) is 0 Å². The SMILES string of the molecule is C=CCc1ccc(OCc2noc(-c3ccc(OC)cc3)n2)c(OC)c1. The highest BCUT2D eigenvalue weighted by Gasteiger charge is 2.11. The molecule has 0 N–H and O–H groups in total. The van der Waals surface area contributed by atoms with Crippen LogP contribution in [0.2, 0.25) is 0 Å². The highest BCUT2D eigenvalue weighted by atomic mass is 16.5. The van der Waals surface area contributed by atoms with Crippen LogP contribution in [0.4, 0.5) is 0 Å². The zero-order chi connectivity index (χ0) is 18.4. The normalized spacial score (nSPS) is 10.4. The van der Waals surface area contributed by atoms with Crippen molar-refractivity contribution in [3.63, 3.8) is 0 Å². The van der Waals surface area contributed by atoms with Gasteiger partial charge in [-0.15, -0.1) is 6.58 Å². The molecule has 0 bridgehead atoms. The molecule has 0 fully saturated rings. The number of ether oxygens (including phenoxy) is 3. The summed E-state index contributed by atoms with van der Waals surface area (Å²) in [5.74, 6) is 2.93. The highest BCUT2D eigenvalue weighted by Crippen LogP contribution is 2.29. The summed E-state index contributed by atoms with van der Waals surface area (Å²) in [6, 6.07) is 13.2. The molecule has 3 aromatic rings. The standard InChI is InChI=1S/C20H20N2O4/c1-4-5-14-6-11-17(18(12-14)24-3)25-13-19-21-20(26-22-19)15-7-9-16(23-2)10-8-15/h4,6-12H,1,5,13H2,2-3H3. The van der Waals surface area contributed by atoms with E-state index in [1.807, 2.05) is 48.5 Å². The molecule has 0 amide bonds. The Balaban J connectivity index is 1.68. The molecule has 1 aromatic heterocycles. The van der Waals surface area contributed by atoms with Crippen molar-refractivity contribution in [1.29, 1.82) is 0 Å². The van der Waals surface area contributed by atoms with Crippen LogP contribution in [0.15, 0.2) is 59.6 Å². The van der Waals surface area contributed by atoms with Gasteiger partial charge in [-0.25, -0.2) is 0 Å². The van der Waals surface area contributed by atoms with Crippen LogP contribution in [0, 0.1) is 0 Å². The first-order valence-electron chi connectivity index (χ1n) is 8.11. The first-order chi connectivity index (χ1) is 12.7. The van der Waals surface area contributed by atoms with Crippen LogP contribution in [0.3, 0.4) is 0 Å². The molecule has 1 heterocycles. The summed E-state index contributed by atoms with van der Waals surface area (Å²) in [6.45, 7) is 3.92. The van der Waals surface area contributed by atoms with E-state index in [4.69, 9.17) is 18.7 Å². The molecule has 134 valence electrons. The maximum Gasteiger partial charge on any atom is 0.258 e. The minimum atomic E-state index is 0.177. The monoisotopic (exact) mass is 352 g/mol. The van der Waals surface area contributed by atoms with E-state index in [2.05, 4.69) is 16.7 Å². The zero-order valence-electron chi connectivity index (χ0n) is 14.8. The molecule has 0 aliphatic carbocycles. The molecule has 6 heteroatoms. The smallest absolute Gasteiger partial charge is 0.258 e. The molecular weight excluding hydrogens is 332 g/mol. The molecule has 0 spiro atoms. The van der Waals surface area contributed by atoms with Gasteiger partial charge >= 0.3 is 0 Å². The van der Waals surface area contributed by atoms with Crippen LogP contribution in [-0.2, 0) is 13.0 Å². The number of allylic oxidation sites excluding steroid dienone is 1. The van der Waals surface area contributed by atoms with Gasteiger partial charge in [-0.3, -0.25) is 0 Å². The third-order valence-corrected chi connectivity index (χ3v) is 3.77. The second-order valence-corrected chi connectivity index (χ2v) is 5.51. The number of rotatable bonds is 8. The lowest BCUT2D eigenvalue weighted by atomic mass is 10.1. The number of hydrogen-bond acceptors (Lipinski definition) is 6. The lowest BCUT2D eigenvalue weighted by Gasteiger charge is -2.10. The second-order valence-electron chi connectivity index (χ2n) is 5.51. The molecule has 0 radical (unpaired) electrons. The number of hydrogen-bond donors (Lipinski definition) is 0. The molecular formula is C20H20N2O4. The number of benzene rings is 2. The topological polar surface area (TPSA) is 66.6 Å². The molecule has 26 heavy (non-hydrogen) atoms. The lowest BCUT2D eigenvalue weighted by molar-refractivity contribution is 0.270. The number of methoxy groups -OCH3 is 2. The minimum Gasteiger partial charge on any atom is -0.497 e. The molecule has 2 aromatic carbocycles. The highest BCUT2D eigenvalue weighted by molar-refractivity contribution is 5.54. The van der Waals surface area contributed by atoms with Gasteiger partial charge in [0.05, 0.1) is 14.2 Å². The van der Waals surface area contributed by atoms with Gasteiger partial charge in [-0.1, -0.05) is 17.3 Å². The summed E-state index contributed by atoms with van der Waals surface area (Å²) in [5.41, 5.74) is 1.92. The van der Waals surface area contributed by atoms with Gasteiger partial charge in [0.15, 0.2) is 18.1 Å². The Kier molecular flexibility index (Phi) is 5.53. The third kappa shape index (κ3) is 4.03. The van der Waals surface area contributed by atoms with Crippen LogP contribution in [0.25, 0.3) is 11.5 Å². The van der Waals surface area contributed by atoms with E-state index in [0.29, 0.717) is 23.2 Å². The van der Waals surface area contributed by atoms with E-state index in [1.165, 1.54) is 0 Å². The summed E-state index contributed by atoms with van der Waals surface area (Å²) in [6.07, 6.45) is 2.61. The van der Waals surface area contributed by atoms with E-state index >= 15 is 0 Å². The Morgan fingerprint density at radius 1 is 1.04 bits per heavy atom. The van der Waals surface area contributed by atoms with Crippen molar-refractivity contribution in [2.75, 3.05) is 14.2 Å². The first kappa shape index (κ1) is 17.5. The van der Waals surface area contributed by atoms with E-state index in [9.17, 15) is 0 Å². The van der Waals surface area contributed by atoms with E-state index < -0.39 is 0 Å². The summed E-state index contributed by atoms with van der Waals surface area (Å²) < 4.78 is 21.6. The summed E-state index contributed by atoms with van der Waals surface area (Å²) in [7, 11) is 3.23. The quantitative estimate of drug-likeness (QED) is 0.570. The Bertz CT molecular complexity index is 872. The van der Waals surface area contributed by atoms with Crippen molar-refractivity contribution in [1.82, 2.24) is 10.1 Å². The molecule has 0 saturated heterocycles. The summed E-state index contributed by atoms with van der Waals surface area (Å²) >= 11 is 0. The maximum absolute atomic E-state index is 5.78. The van der Waals surface area contributed by atoms with Gasteiger partial charge in [-0.2, -0.15) is 4.98 Å². The zero-order valence-corrected chi connectivity index (χ0v) is 14.8. The fourth-order valence-corrected chi connectivity index (χ4v) is 2.43. The molecule has 3 rings (SSSR count). The van der Waals surface area contributed by atoms with Crippen molar-refractivity contribution in [2.45, 2.75) is 13.0 Å². The van der Waals surface area contributed by atoms with Crippen LogP contribution in [0.1, 0.15) is 11.4 Å². The Morgan fingerprint density at radius 2 is 1.85 bits per heavy atom. The number of aromatic nitrogens is 2. The molecule has 0 unspecified atom stereocenters. The van der Waals surface area contributed by atoms with Crippen molar-refractivity contribution in [3.05, 3.63) is 66.5 Å². The average Bonchev–Trinajstić information content (AvgIpc) is 3.16. The van der Waals surface area contributed by atoms with Crippen LogP contribution in [-0.4, -0.2) is 24.4 Å². The Morgan fingerprint density at radius 3 is 2.54 bits per heavy atom. The largest absolute Gasteiger partial charge is 0.497 e. The van der Waals surface area contributed by atoms with Crippen LogP contribution < -0.4 is 14.2 Å². The average molecular weight is 352 g/mol. The van der Waals surface area contributed by atoms with Crippen LogP contribution >= 0.6 is 0 Å². The van der Waals surface area contributed by atoms with Gasteiger partial charge in [0.1, 0.15) is 5.75 Å². The lowest BCUT2D eigenvalue weighted by Crippen LogP contribution is -2.00. The fraction of sp³-hybridized carbons (Fsp3) is 0.200.